The van der Waals surface area contributed by atoms with E-state index < -0.39 is 5.82 Å². The Morgan fingerprint density at radius 2 is 2.08 bits per heavy atom. The van der Waals surface area contributed by atoms with Crippen LogP contribution in [0.2, 0.25) is 0 Å². The molecule has 0 unspecified atom stereocenters. The Bertz CT molecular complexity index is 284. The molecule has 0 fully saturated rings. The predicted molar refractivity (Wildman–Crippen MR) is 38.4 cm³/mol. The minimum atomic E-state index is -0.720. The zero-order chi connectivity index (χ0) is 8.97. The maximum atomic E-state index is 10.5. The molecule has 0 N–H and O–H groups in total. The average molecular weight is 174 g/mol. The van der Waals surface area contributed by atoms with Gasteiger partial charge in [-0.15, -0.1) is 0 Å². The van der Waals surface area contributed by atoms with Gasteiger partial charge in [0, 0.05) is 0 Å². The lowest BCUT2D eigenvalue weighted by atomic mass is 10.4. The molecule has 0 spiro atoms. The second-order valence-corrected chi connectivity index (χ2v) is 2.10. The Labute approximate surface area is 68.8 Å². The summed E-state index contributed by atoms with van der Waals surface area (Å²) in [5, 5.41) is 0. The van der Waals surface area contributed by atoms with Gasteiger partial charge in [0.2, 0.25) is 0 Å². The van der Waals surface area contributed by atoms with E-state index in [4.69, 9.17) is 0 Å². The molecule has 68 valence electrons. The second kappa shape index (κ2) is 4.08. The van der Waals surface area contributed by atoms with Gasteiger partial charge in [0.1, 0.15) is 12.4 Å². The Morgan fingerprint density at radius 3 is 2.58 bits per heavy atom. The summed E-state index contributed by atoms with van der Waals surface area (Å²) in [7, 11) is 0. The molecule has 1 aromatic rings. The number of aryl methyl sites for hydroxylation is 1. The SMILES string of the molecule is CCOOCc1oc(=O)oc1C. The number of hydrogen-bond acceptors (Lipinski definition) is 5. The largest absolute Gasteiger partial charge is 0.519 e. The zero-order valence-corrected chi connectivity index (χ0v) is 6.96. The molecule has 0 amide bonds. The molecule has 0 saturated carbocycles. The summed E-state index contributed by atoms with van der Waals surface area (Å²) in [5.74, 6) is 0.0516. The molecule has 0 bridgehead atoms. The van der Waals surface area contributed by atoms with Crippen LogP contribution in [0.4, 0.5) is 0 Å². The molecule has 12 heavy (non-hydrogen) atoms. The highest BCUT2D eigenvalue weighted by Gasteiger charge is 2.07. The van der Waals surface area contributed by atoms with Crippen LogP contribution in [0.25, 0.3) is 0 Å². The first-order valence-corrected chi connectivity index (χ1v) is 3.58. The molecule has 0 atom stereocenters. The minimum Gasteiger partial charge on any atom is -0.396 e. The Morgan fingerprint density at radius 1 is 1.33 bits per heavy atom. The molecule has 0 aliphatic rings. The van der Waals surface area contributed by atoms with Gasteiger partial charge in [-0.25, -0.2) is 14.6 Å². The fourth-order valence-corrected chi connectivity index (χ4v) is 0.685. The van der Waals surface area contributed by atoms with Crippen LogP contribution in [0.15, 0.2) is 13.6 Å². The van der Waals surface area contributed by atoms with Gasteiger partial charge < -0.3 is 8.83 Å². The van der Waals surface area contributed by atoms with Crippen molar-refractivity contribution >= 4 is 0 Å². The van der Waals surface area contributed by atoms with Crippen LogP contribution in [-0.4, -0.2) is 6.61 Å². The van der Waals surface area contributed by atoms with Crippen molar-refractivity contribution in [3.63, 3.8) is 0 Å². The van der Waals surface area contributed by atoms with Gasteiger partial charge in [0.15, 0.2) is 5.76 Å². The summed E-state index contributed by atoms with van der Waals surface area (Å²) in [6, 6.07) is 0. The van der Waals surface area contributed by atoms with E-state index in [0.717, 1.165) is 0 Å². The molecule has 1 heterocycles. The van der Waals surface area contributed by atoms with Crippen molar-refractivity contribution < 1.29 is 18.6 Å². The average Bonchev–Trinajstić information content (AvgIpc) is 2.31. The highest BCUT2D eigenvalue weighted by atomic mass is 17.2. The van der Waals surface area contributed by atoms with Gasteiger partial charge in [-0.2, -0.15) is 0 Å². The minimum absolute atomic E-state index is 0.0887. The summed E-state index contributed by atoms with van der Waals surface area (Å²) in [6.45, 7) is 3.94. The Hall–Kier alpha value is -1.07. The first kappa shape index (κ1) is 9.02. The third kappa shape index (κ3) is 2.21. The lowest BCUT2D eigenvalue weighted by molar-refractivity contribution is -0.303. The van der Waals surface area contributed by atoms with E-state index in [-0.39, 0.29) is 6.61 Å². The van der Waals surface area contributed by atoms with Crippen molar-refractivity contribution in [2.24, 2.45) is 0 Å². The monoisotopic (exact) mass is 174 g/mol. The molecule has 5 nitrogen and oxygen atoms in total. The van der Waals surface area contributed by atoms with E-state index in [1.807, 2.05) is 0 Å². The summed E-state index contributed by atoms with van der Waals surface area (Å²) in [5.41, 5.74) is 0. The molecule has 0 aliphatic heterocycles. The van der Waals surface area contributed by atoms with Crippen molar-refractivity contribution in [1.82, 2.24) is 0 Å². The molecular weight excluding hydrogens is 164 g/mol. The molecule has 0 aliphatic carbocycles. The van der Waals surface area contributed by atoms with Crippen LogP contribution < -0.4 is 5.82 Å². The zero-order valence-electron chi connectivity index (χ0n) is 6.96. The van der Waals surface area contributed by atoms with Crippen LogP contribution >= 0.6 is 0 Å². The third-order valence-corrected chi connectivity index (χ3v) is 1.23. The van der Waals surface area contributed by atoms with Crippen molar-refractivity contribution in [2.45, 2.75) is 20.5 Å². The number of rotatable bonds is 4. The van der Waals surface area contributed by atoms with Crippen molar-refractivity contribution in [3.8, 4) is 0 Å². The van der Waals surface area contributed by atoms with Crippen molar-refractivity contribution in [2.75, 3.05) is 6.61 Å². The van der Waals surface area contributed by atoms with E-state index in [0.29, 0.717) is 18.1 Å². The van der Waals surface area contributed by atoms with Crippen LogP contribution in [0.1, 0.15) is 18.4 Å². The van der Waals surface area contributed by atoms with Crippen LogP contribution in [-0.2, 0) is 16.4 Å². The maximum Gasteiger partial charge on any atom is 0.519 e. The molecule has 0 aromatic carbocycles. The Balaban J connectivity index is 2.51. The summed E-state index contributed by atoms with van der Waals surface area (Å²) in [6.07, 6.45) is 0. The summed E-state index contributed by atoms with van der Waals surface area (Å²) in [4.78, 5) is 19.8. The van der Waals surface area contributed by atoms with Gasteiger partial charge >= 0.3 is 5.82 Å². The van der Waals surface area contributed by atoms with Gasteiger partial charge in [0.05, 0.1) is 6.61 Å². The normalized spacial score (nSPS) is 10.5. The Kier molecular flexibility index (Phi) is 3.07. The summed E-state index contributed by atoms with van der Waals surface area (Å²) >= 11 is 0. The van der Waals surface area contributed by atoms with Crippen LogP contribution in [0, 0.1) is 6.92 Å². The van der Waals surface area contributed by atoms with E-state index in [2.05, 4.69) is 18.6 Å². The molecule has 1 rings (SSSR count). The van der Waals surface area contributed by atoms with Gasteiger partial charge in [-0.05, 0) is 13.8 Å². The van der Waals surface area contributed by atoms with Gasteiger partial charge in [-0.3, -0.25) is 0 Å². The van der Waals surface area contributed by atoms with Crippen molar-refractivity contribution in [1.29, 1.82) is 0 Å². The standard InChI is InChI=1S/C7H10O5/c1-3-9-10-4-6-5(2)11-7(8)12-6/h3-4H2,1-2H3. The lowest BCUT2D eigenvalue weighted by Crippen LogP contribution is -1.95. The van der Waals surface area contributed by atoms with E-state index >= 15 is 0 Å². The molecule has 5 heteroatoms. The number of hydrogen-bond donors (Lipinski definition) is 0. The molecule has 0 radical (unpaired) electrons. The highest BCUT2D eigenvalue weighted by molar-refractivity contribution is 4.97. The molecular formula is C7H10O5. The molecule has 0 saturated heterocycles. The summed E-state index contributed by atoms with van der Waals surface area (Å²) < 4.78 is 9.22. The topological polar surface area (TPSA) is 61.8 Å². The third-order valence-electron chi connectivity index (χ3n) is 1.23. The smallest absolute Gasteiger partial charge is 0.396 e. The van der Waals surface area contributed by atoms with Crippen molar-refractivity contribution in [3.05, 3.63) is 22.1 Å². The van der Waals surface area contributed by atoms with E-state index in [1.54, 1.807) is 13.8 Å². The first-order valence-electron chi connectivity index (χ1n) is 3.58. The first-order chi connectivity index (χ1) is 5.74. The fourth-order valence-electron chi connectivity index (χ4n) is 0.685. The molecule has 1 aromatic heterocycles. The second-order valence-electron chi connectivity index (χ2n) is 2.10. The highest BCUT2D eigenvalue weighted by Crippen LogP contribution is 2.05. The van der Waals surface area contributed by atoms with E-state index in [9.17, 15) is 4.79 Å². The van der Waals surface area contributed by atoms with Crippen LogP contribution in [0.3, 0.4) is 0 Å². The predicted octanol–water partition coefficient (Wildman–Crippen LogP) is 1.01. The van der Waals surface area contributed by atoms with E-state index in [1.165, 1.54) is 0 Å². The fraction of sp³-hybridized carbons (Fsp3) is 0.571. The van der Waals surface area contributed by atoms with Crippen LogP contribution in [0.5, 0.6) is 0 Å². The van der Waals surface area contributed by atoms with Gasteiger partial charge in [0.25, 0.3) is 0 Å². The van der Waals surface area contributed by atoms with Gasteiger partial charge in [-0.1, -0.05) is 0 Å². The quantitative estimate of drug-likeness (QED) is 0.387. The lowest BCUT2D eigenvalue weighted by Gasteiger charge is -1.97. The maximum absolute atomic E-state index is 10.5.